The number of aromatic nitrogens is 1. The Morgan fingerprint density at radius 3 is 2.86 bits per heavy atom. The molecule has 0 radical (unpaired) electrons. The Balaban J connectivity index is 1.94. The SMILES string of the molecule is CC(=N)/C(NC(=O)c1cc(F)c(-c2ccc3c(n2)NCCC3)cc1O)=C(\N)Cl. The van der Waals surface area contributed by atoms with Gasteiger partial charge in [-0.15, -0.1) is 0 Å². The molecule has 0 spiro atoms. The lowest BCUT2D eigenvalue weighted by Gasteiger charge is -2.18. The molecule has 2 heterocycles. The van der Waals surface area contributed by atoms with Crippen molar-refractivity contribution in [2.45, 2.75) is 19.8 Å². The zero-order valence-electron chi connectivity index (χ0n) is 15.1. The zero-order chi connectivity index (χ0) is 20.4. The molecule has 2 aromatic rings. The standard InChI is InChI=1S/C19H19ClFN5O2/c1-9(22)16(17(20)23)26-19(28)12-7-13(21)11(8-15(12)27)14-5-4-10-3-2-6-24-18(10)25-14/h4-5,7-8,22,27H,2-3,6,23H2,1H3,(H,24,25)(H,26,28)/b17-16+,22-9?. The molecule has 1 amide bonds. The normalized spacial score (nSPS) is 13.8. The number of carbonyl (C=O) groups is 1. The molecule has 3 rings (SSSR count). The van der Waals surface area contributed by atoms with E-state index in [0.717, 1.165) is 37.1 Å². The van der Waals surface area contributed by atoms with Crippen LogP contribution in [0.4, 0.5) is 10.2 Å². The number of phenolic OH excluding ortho intramolecular Hbond substituents is 1. The van der Waals surface area contributed by atoms with Gasteiger partial charge in [0, 0.05) is 12.1 Å². The van der Waals surface area contributed by atoms with E-state index in [-0.39, 0.29) is 27.7 Å². The fraction of sp³-hybridized carbons (Fsp3) is 0.211. The molecular weight excluding hydrogens is 385 g/mol. The van der Waals surface area contributed by atoms with Gasteiger partial charge in [-0.3, -0.25) is 4.79 Å². The minimum absolute atomic E-state index is 0.0695. The number of anilines is 1. The molecule has 28 heavy (non-hydrogen) atoms. The molecule has 1 aliphatic heterocycles. The van der Waals surface area contributed by atoms with Crippen molar-refractivity contribution in [1.29, 1.82) is 5.41 Å². The summed E-state index contributed by atoms with van der Waals surface area (Å²) >= 11 is 5.66. The van der Waals surface area contributed by atoms with E-state index >= 15 is 0 Å². The molecular formula is C19H19ClFN5O2. The molecule has 0 unspecified atom stereocenters. The monoisotopic (exact) mass is 403 g/mol. The highest BCUT2D eigenvalue weighted by molar-refractivity contribution is 6.31. The molecule has 0 saturated carbocycles. The van der Waals surface area contributed by atoms with Gasteiger partial charge in [-0.1, -0.05) is 17.7 Å². The highest BCUT2D eigenvalue weighted by Gasteiger charge is 2.20. The number of pyridine rings is 1. The Morgan fingerprint density at radius 1 is 1.43 bits per heavy atom. The molecule has 1 aliphatic rings. The molecule has 0 atom stereocenters. The number of nitrogens with two attached hydrogens (primary N) is 1. The first-order chi connectivity index (χ1) is 13.3. The number of carbonyl (C=O) groups excluding carboxylic acids is 1. The van der Waals surface area contributed by atoms with E-state index in [0.29, 0.717) is 11.5 Å². The average Bonchev–Trinajstić information content (AvgIpc) is 2.66. The number of rotatable bonds is 4. The first kappa shape index (κ1) is 19.6. The summed E-state index contributed by atoms with van der Waals surface area (Å²) in [6.45, 7) is 2.17. The Hall–Kier alpha value is -3.13. The van der Waals surface area contributed by atoms with E-state index in [1.807, 2.05) is 6.07 Å². The second-order valence-electron chi connectivity index (χ2n) is 6.39. The van der Waals surface area contributed by atoms with Gasteiger partial charge in [0.05, 0.1) is 22.7 Å². The Bertz CT molecular complexity index is 1000. The van der Waals surface area contributed by atoms with Crippen LogP contribution in [0.25, 0.3) is 11.3 Å². The summed E-state index contributed by atoms with van der Waals surface area (Å²) in [7, 11) is 0. The average molecular weight is 404 g/mol. The van der Waals surface area contributed by atoms with Crippen LogP contribution in [0.15, 0.2) is 35.1 Å². The lowest BCUT2D eigenvalue weighted by atomic mass is 10.0. The molecule has 0 aliphatic carbocycles. The van der Waals surface area contributed by atoms with Crippen LogP contribution in [0.2, 0.25) is 0 Å². The number of halogens is 2. The van der Waals surface area contributed by atoms with Crippen molar-refractivity contribution in [1.82, 2.24) is 10.3 Å². The van der Waals surface area contributed by atoms with E-state index in [1.165, 1.54) is 6.92 Å². The summed E-state index contributed by atoms with van der Waals surface area (Å²) in [5.74, 6) is -1.30. The molecule has 1 aromatic heterocycles. The molecule has 7 nitrogen and oxygen atoms in total. The first-order valence-corrected chi connectivity index (χ1v) is 8.94. The maximum Gasteiger partial charge on any atom is 0.259 e. The van der Waals surface area contributed by atoms with E-state index < -0.39 is 17.5 Å². The summed E-state index contributed by atoms with van der Waals surface area (Å²) in [4.78, 5) is 16.8. The van der Waals surface area contributed by atoms with Gasteiger partial charge >= 0.3 is 0 Å². The number of benzene rings is 1. The van der Waals surface area contributed by atoms with Crippen molar-refractivity contribution < 1.29 is 14.3 Å². The van der Waals surface area contributed by atoms with Crippen LogP contribution in [0, 0.1) is 11.2 Å². The highest BCUT2D eigenvalue weighted by atomic mass is 35.5. The number of hydrogen-bond donors (Lipinski definition) is 5. The number of aromatic hydroxyl groups is 1. The number of phenols is 1. The van der Waals surface area contributed by atoms with Gasteiger partial charge in [0.25, 0.3) is 5.91 Å². The van der Waals surface area contributed by atoms with Gasteiger partial charge < -0.3 is 26.9 Å². The van der Waals surface area contributed by atoms with Gasteiger partial charge in [-0.05, 0) is 43.5 Å². The van der Waals surface area contributed by atoms with Crippen molar-refractivity contribution in [2.24, 2.45) is 5.73 Å². The summed E-state index contributed by atoms with van der Waals surface area (Å²) < 4.78 is 14.7. The fourth-order valence-corrected chi connectivity index (χ4v) is 3.12. The van der Waals surface area contributed by atoms with E-state index in [9.17, 15) is 14.3 Å². The van der Waals surface area contributed by atoms with Gasteiger partial charge in [0.1, 0.15) is 22.5 Å². The van der Waals surface area contributed by atoms with Crippen molar-refractivity contribution in [3.8, 4) is 17.0 Å². The van der Waals surface area contributed by atoms with Crippen LogP contribution in [0.1, 0.15) is 29.3 Å². The zero-order valence-corrected chi connectivity index (χ0v) is 15.8. The number of allylic oxidation sites excluding steroid dienone is 1. The number of hydrogen-bond acceptors (Lipinski definition) is 6. The minimum Gasteiger partial charge on any atom is -0.507 e. The second-order valence-corrected chi connectivity index (χ2v) is 6.79. The van der Waals surface area contributed by atoms with Gasteiger partial charge in [0.15, 0.2) is 0 Å². The quantitative estimate of drug-likeness (QED) is 0.396. The van der Waals surface area contributed by atoms with Gasteiger partial charge in [-0.2, -0.15) is 0 Å². The van der Waals surface area contributed by atoms with Crippen LogP contribution < -0.4 is 16.4 Å². The summed E-state index contributed by atoms with van der Waals surface area (Å²) in [6, 6.07) is 5.60. The van der Waals surface area contributed by atoms with Crippen molar-refractivity contribution >= 4 is 29.0 Å². The van der Waals surface area contributed by atoms with Gasteiger partial charge in [0.2, 0.25) is 0 Å². The number of aryl methyl sites for hydroxylation is 1. The smallest absolute Gasteiger partial charge is 0.259 e. The van der Waals surface area contributed by atoms with Crippen LogP contribution in [-0.4, -0.2) is 28.3 Å². The van der Waals surface area contributed by atoms with Crippen LogP contribution in [0.3, 0.4) is 0 Å². The second kappa shape index (κ2) is 7.85. The van der Waals surface area contributed by atoms with Crippen LogP contribution in [0.5, 0.6) is 5.75 Å². The summed E-state index contributed by atoms with van der Waals surface area (Å²) in [5, 5.41) is 23.0. The predicted molar refractivity (Wildman–Crippen MR) is 106 cm³/mol. The molecule has 0 bridgehead atoms. The Kier molecular flexibility index (Phi) is 5.51. The fourth-order valence-electron chi connectivity index (χ4n) is 2.93. The Morgan fingerprint density at radius 2 is 2.18 bits per heavy atom. The number of nitrogens with one attached hydrogen (secondary N) is 3. The maximum atomic E-state index is 14.7. The molecule has 0 saturated heterocycles. The summed E-state index contributed by atoms with van der Waals surface area (Å²) in [5.41, 5.74) is 6.38. The highest BCUT2D eigenvalue weighted by Crippen LogP contribution is 2.31. The van der Waals surface area contributed by atoms with E-state index in [4.69, 9.17) is 22.7 Å². The van der Waals surface area contributed by atoms with Crippen molar-refractivity contribution in [3.05, 3.63) is 52.1 Å². The third-order valence-corrected chi connectivity index (χ3v) is 4.54. The minimum atomic E-state index is -0.840. The largest absolute Gasteiger partial charge is 0.507 e. The molecule has 9 heteroatoms. The van der Waals surface area contributed by atoms with Crippen LogP contribution in [-0.2, 0) is 6.42 Å². The molecule has 1 aromatic carbocycles. The molecule has 0 fully saturated rings. The first-order valence-electron chi connectivity index (χ1n) is 8.56. The third-order valence-electron chi connectivity index (χ3n) is 4.35. The maximum absolute atomic E-state index is 14.7. The van der Waals surface area contributed by atoms with Crippen molar-refractivity contribution in [3.63, 3.8) is 0 Å². The van der Waals surface area contributed by atoms with Gasteiger partial charge in [-0.25, -0.2) is 9.37 Å². The third kappa shape index (κ3) is 3.91. The van der Waals surface area contributed by atoms with E-state index in [1.54, 1.807) is 6.07 Å². The predicted octanol–water partition coefficient (Wildman–Crippen LogP) is 3.09. The Labute approximate surface area is 165 Å². The number of nitrogens with zero attached hydrogens (tertiary/aromatic N) is 1. The van der Waals surface area contributed by atoms with Crippen molar-refractivity contribution in [2.75, 3.05) is 11.9 Å². The molecule has 6 N–H and O–H groups in total. The van der Waals surface area contributed by atoms with Crippen LogP contribution >= 0.6 is 11.6 Å². The van der Waals surface area contributed by atoms with E-state index in [2.05, 4.69) is 15.6 Å². The number of amides is 1. The molecule has 146 valence electrons. The lowest BCUT2D eigenvalue weighted by molar-refractivity contribution is 0.0964. The number of fused-ring (bicyclic) bond motifs is 1. The topological polar surface area (TPSA) is 124 Å². The summed E-state index contributed by atoms with van der Waals surface area (Å²) in [6.07, 6.45) is 1.90. The lowest BCUT2D eigenvalue weighted by Crippen LogP contribution is -2.28.